The molecule has 0 radical (unpaired) electrons. The minimum absolute atomic E-state index is 0.435. The van der Waals surface area contributed by atoms with Gasteiger partial charge in [0, 0.05) is 70.7 Å². The van der Waals surface area contributed by atoms with Crippen molar-refractivity contribution >= 4 is 54.5 Å². The molecule has 4 atom stereocenters. The Morgan fingerprint density at radius 1 is 0.571 bits per heavy atom. The number of rotatable bonds is 4. The first-order valence-corrected chi connectivity index (χ1v) is 19.9. The highest BCUT2D eigenvalue weighted by molar-refractivity contribution is 9.11. The Morgan fingerprint density at radius 3 is 1.14 bits per heavy atom. The average Bonchev–Trinajstić information content (AvgIpc) is 3.46. The summed E-state index contributed by atoms with van der Waals surface area (Å²) in [5.41, 5.74) is 0.00961. The van der Waals surface area contributed by atoms with Crippen molar-refractivity contribution in [2.45, 2.75) is 99.3 Å². The summed E-state index contributed by atoms with van der Waals surface area (Å²) in [6.45, 7) is 4.48. The first-order valence-electron chi connectivity index (χ1n) is 16.7. The summed E-state index contributed by atoms with van der Waals surface area (Å²) in [5.74, 6) is 3.82. The molecule has 8 aliphatic carbocycles. The standard InChI is InChI=1S/2C17H22BrNOS/c2*18-15-5-4-14(21-15)17(20)12-2-1-3-13(17)10-19(9-12)16-6-11(7-16)8-16/h2*4-5,11-13,20H,1-3,6-10H2. The monoisotopic (exact) mass is 734 g/mol. The minimum atomic E-state index is -0.561. The number of nitrogens with zero attached hydrogens (tertiary/aromatic N) is 2. The predicted octanol–water partition coefficient (Wildman–Crippen LogP) is 7.97. The molecular weight excluding hydrogens is 692 g/mol. The maximum Gasteiger partial charge on any atom is 0.107 e. The lowest BCUT2D eigenvalue weighted by Gasteiger charge is -2.70. The van der Waals surface area contributed by atoms with Gasteiger partial charge in [-0.3, -0.25) is 9.80 Å². The zero-order valence-electron chi connectivity index (χ0n) is 24.4. The molecule has 2 aliphatic heterocycles. The van der Waals surface area contributed by atoms with Crippen LogP contribution in [0.15, 0.2) is 31.8 Å². The smallest absolute Gasteiger partial charge is 0.107 e. The molecule has 10 fully saturated rings. The summed E-state index contributed by atoms with van der Waals surface area (Å²) in [4.78, 5) is 7.94. The average molecular weight is 737 g/mol. The molecule has 12 rings (SSSR count). The van der Waals surface area contributed by atoms with E-state index in [-0.39, 0.29) is 0 Å². The lowest BCUT2D eigenvalue weighted by Crippen LogP contribution is -2.73. The van der Waals surface area contributed by atoms with Crippen molar-refractivity contribution in [1.29, 1.82) is 0 Å². The summed E-state index contributed by atoms with van der Waals surface area (Å²) in [5, 5.41) is 23.2. The van der Waals surface area contributed by atoms with Crippen LogP contribution >= 0.6 is 54.5 Å². The van der Waals surface area contributed by atoms with Gasteiger partial charge in [0.2, 0.25) is 0 Å². The molecular formula is C34H44Br2N2O2S2. The van der Waals surface area contributed by atoms with Gasteiger partial charge in [0.1, 0.15) is 11.2 Å². The molecule has 42 heavy (non-hydrogen) atoms. The molecule has 0 spiro atoms. The van der Waals surface area contributed by atoms with Crippen LogP contribution < -0.4 is 0 Å². The third kappa shape index (κ3) is 4.00. The second-order valence-corrected chi connectivity index (χ2v) is 20.6. The van der Waals surface area contributed by atoms with Gasteiger partial charge in [-0.15, -0.1) is 22.7 Å². The largest absolute Gasteiger partial charge is 0.384 e. The van der Waals surface area contributed by atoms with E-state index in [1.165, 1.54) is 86.8 Å². The fraction of sp³-hybridized carbons (Fsp3) is 0.765. The number of hydrogen-bond acceptors (Lipinski definition) is 6. The summed E-state index contributed by atoms with van der Waals surface area (Å²) in [6, 6.07) is 8.50. The Labute approximate surface area is 275 Å². The van der Waals surface area contributed by atoms with Crippen LogP contribution in [0, 0.1) is 35.5 Å². The van der Waals surface area contributed by atoms with Crippen LogP contribution in [0.3, 0.4) is 0 Å². The molecule has 10 aliphatic rings. The van der Waals surface area contributed by atoms with Crippen molar-refractivity contribution in [3.8, 4) is 0 Å². The van der Waals surface area contributed by atoms with Gasteiger partial charge in [0.25, 0.3) is 0 Å². The van der Waals surface area contributed by atoms with E-state index in [0.29, 0.717) is 34.7 Å². The summed E-state index contributed by atoms with van der Waals surface area (Å²) in [7, 11) is 0. The molecule has 4 unspecified atom stereocenters. The molecule has 2 aromatic rings. The van der Waals surface area contributed by atoms with Crippen LogP contribution in [-0.2, 0) is 11.2 Å². The van der Waals surface area contributed by atoms with E-state index >= 15 is 0 Å². The van der Waals surface area contributed by atoms with Crippen LogP contribution in [0.25, 0.3) is 0 Å². The van der Waals surface area contributed by atoms with Gasteiger partial charge in [-0.2, -0.15) is 0 Å². The molecule has 8 bridgehead atoms. The first kappa shape index (κ1) is 28.4. The Bertz CT molecular complexity index is 1210. The van der Waals surface area contributed by atoms with Crippen molar-refractivity contribution in [3.05, 3.63) is 41.6 Å². The Balaban J connectivity index is 0.000000119. The SMILES string of the molecule is OC1(c2ccc(Br)s2)C2CCCC1CN(C13CC(C1)C3)C2.OC1(c2ccc(Br)s2)C2CCCC1CN(C13CC(C1)C3)C2. The molecule has 8 heteroatoms. The fourth-order valence-electron chi connectivity index (χ4n) is 11.2. The molecule has 0 aromatic carbocycles. The van der Waals surface area contributed by atoms with Gasteiger partial charge in [-0.1, -0.05) is 12.8 Å². The van der Waals surface area contributed by atoms with Gasteiger partial charge in [0.05, 0.1) is 7.57 Å². The zero-order valence-corrected chi connectivity index (χ0v) is 29.3. The van der Waals surface area contributed by atoms with Gasteiger partial charge in [0.15, 0.2) is 0 Å². The second kappa shape index (κ2) is 9.85. The number of halogens is 2. The topological polar surface area (TPSA) is 46.9 Å². The molecule has 0 amide bonds. The summed E-state index contributed by atoms with van der Waals surface area (Å²) < 4.78 is 2.29. The van der Waals surface area contributed by atoms with Crippen LogP contribution in [0.4, 0.5) is 0 Å². The zero-order chi connectivity index (χ0) is 28.5. The highest BCUT2D eigenvalue weighted by Gasteiger charge is 2.65. The molecule has 2 saturated heterocycles. The van der Waals surface area contributed by atoms with E-state index in [1.54, 1.807) is 22.7 Å². The third-order valence-corrected chi connectivity index (χ3v) is 17.3. The molecule has 4 heterocycles. The maximum absolute atomic E-state index is 11.6. The molecule has 2 N–H and O–H groups in total. The quantitative estimate of drug-likeness (QED) is 0.335. The third-order valence-electron chi connectivity index (χ3n) is 13.8. The number of hydrogen-bond donors (Lipinski definition) is 2. The molecule has 4 nitrogen and oxygen atoms in total. The number of piperidine rings is 2. The van der Waals surface area contributed by atoms with E-state index < -0.39 is 11.2 Å². The second-order valence-electron chi connectivity index (χ2n) is 15.7. The van der Waals surface area contributed by atoms with Crippen molar-refractivity contribution < 1.29 is 10.2 Å². The summed E-state index contributed by atoms with van der Waals surface area (Å²) in [6.07, 6.45) is 16.0. The van der Waals surface area contributed by atoms with E-state index in [2.05, 4.69) is 65.9 Å². The van der Waals surface area contributed by atoms with E-state index in [4.69, 9.17) is 0 Å². The van der Waals surface area contributed by atoms with E-state index in [9.17, 15) is 10.2 Å². The normalized spacial score (nSPS) is 48.6. The van der Waals surface area contributed by atoms with Crippen LogP contribution in [0.5, 0.6) is 0 Å². The molecule has 228 valence electrons. The molecule has 2 aromatic heterocycles. The van der Waals surface area contributed by atoms with Gasteiger partial charge in [-0.05, 0) is 132 Å². The van der Waals surface area contributed by atoms with Crippen LogP contribution in [0.1, 0.15) is 86.8 Å². The van der Waals surface area contributed by atoms with Crippen molar-refractivity contribution in [3.63, 3.8) is 0 Å². The lowest BCUT2D eigenvalue weighted by atomic mass is 9.48. The van der Waals surface area contributed by atoms with Gasteiger partial charge in [-0.25, -0.2) is 0 Å². The predicted molar refractivity (Wildman–Crippen MR) is 177 cm³/mol. The highest BCUT2D eigenvalue weighted by atomic mass is 79.9. The Morgan fingerprint density at radius 2 is 0.905 bits per heavy atom. The van der Waals surface area contributed by atoms with Gasteiger partial charge < -0.3 is 10.2 Å². The summed E-state index contributed by atoms with van der Waals surface area (Å²) >= 11 is 10.6. The van der Waals surface area contributed by atoms with Crippen LogP contribution in [-0.4, -0.2) is 57.3 Å². The number of likely N-dealkylation sites (tertiary alicyclic amines) is 2. The van der Waals surface area contributed by atoms with E-state index in [1.807, 2.05) is 0 Å². The first-order chi connectivity index (χ1) is 20.2. The van der Waals surface area contributed by atoms with E-state index in [0.717, 1.165) is 45.6 Å². The Hall–Kier alpha value is 0.200. The van der Waals surface area contributed by atoms with Gasteiger partial charge >= 0.3 is 0 Å². The lowest BCUT2D eigenvalue weighted by molar-refractivity contribution is -0.216. The number of fused-ring (bicyclic) bond motifs is 4. The Kier molecular flexibility index (Phi) is 6.67. The highest BCUT2D eigenvalue weighted by Crippen LogP contribution is 2.64. The maximum atomic E-state index is 11.6. The number of thiophene rings is 2. The van der Waals surface area contributed by atoms with Crippen molar-refractivity contribution in [2.24, 2.45) is 35.5 Å². The fourth-order valence-corrected chi connectivity index (χ4v) is 14.5. The van der Waals surface area contributed by atoms with Crippen molar-refractivity contribution in [1.82, 2.24) is 9.80 Å². The minimum Gasteiger partial charge on any atom is -0.384 e. The number of aliphatic hydroxyl groups is 2. The van der Waals surface area contributed by atoms with Crippen molar-refractivity contribution in [2.75, 3.05) is 26.2 Å². The van der Waals surface area contributed by atoms with Crippen LogP contribution in [0.2, 0.25) is 0 Å². The molecule has 8 saturated carbocycles.